The molecule has 0 bridgehead atoms. The highest BCUT2D eigenvalue weighted by atomic mass is 19.1. The molecule has 0 saturated carbocycles. The number of hydrogen-bond acceptors (Lipinski definition) is 4. The lowest BCUT2D eigenvalue weighted by atomic mass is 10.0. The first-order valence-electron chi connectivity index (χ1n) is 8.10. The first-order chi connectivity index (χ1) is 12.6. The average Bonchev–Trinajstić information content (AvgIpc) is 3.07. The topological polar surface area (TPSA) is 60.7 Å². The van der Waals surface area contributed by atoms with Crippen molar-refractivity contribution in [1.82, 2.24) is 19.5 Å². The van der Waals surface area contributed by atoms with Gasteiger partial charge in [0, 0.05) is 47.7 Å². The number of pyridine rings is 2. The highest BCUT2D eigenvalue weighted by Crippen LogP contribution is 2.24. The Labute approximate surface area is 149 Å². The third-order valence-corrected chi connectivity index (χ3v) is 4.28. The molecule has 1 aromatic carbocycles. The largest absolute Gasteiger partial charge is 0.334 e. The number of Topliss-reactive ketones (excluding diaryl/α,β-unsaturated/α-hetero) is 1. The summed E-state index contributed by atoms with van der Waals surface area (Å²) in [6.07, 6.45) is 6.71. The van der Waals surface area contributed by atoms with Gasteiger partial charge in [0.1, 0.15) is 0 Å². The average molecular weight is 346 g/mol. The van der Waals surface area contributed by atoms with Crippen molar-refractivity contribution in [2.45, 2.75) is 6.42 Å². The normalized spacial score (nSPS) is 11.0. The fourth-order valence-corrected chi connectivity index (χ4v) is 2.92. The second-order valence-corrected chi connectivity index (χ2v) is 6.09. The van der Waals surface area contributed by atoms with Crippen molar-refractivity contribution in [3.8, 4) is 11.3 Å². The second-order valence-electron chi connectivity index (χ2n) is 6.09. The van der Waals surface area contributed by atoms with Crippen LogP contribution in [-0.4, -0.2) is 25.3 Å². The van der Waals surface area contributed by atoms with E-state index >= 15 is 0 Å². The molecule has 0 aliphatic carbocycles. The van der Waals surface area contributed by atoms with Gasteiger partial charge in [0.05, 0.1) is 24.6 Å². The molecule has 0 unspecified atom stereocenters. The van der Waals surface area contributed by atoms with E-state index in [-0.39, 0.29) is 12.2 Å². The van der Waals surface area contributed by atoms with Crippen molar-refractivity contribution in [1.29, 1.82) is 0 Å². The third kappa shape index (κ3) is 3.09. The molecule has 0 N–H and O–H groups in total. The number of nitrogens with zero attached hydrogens (tertiary/aromatic N) is 4. The molecule has 0 amide bonds. The molecular weight excluding hydrogens is 331 g/mol. The van der Waals surface area contributed by atoms with Crippen LogP contribution >= 0.6 is 0 Å². The minimum Gasteiger partial charge on any atom is -0.334 e. The van der Waals surface area contributed by atoms with Gasteiger partial charge in [-0.05, 0) is 23.6 Å². The lowest BCUT2D eigenvalue weighted by molar-refractivity contribution is 0.0991. The summed E-state index contributed by atoms with van der Waals surface area (Å²) in [5.41, 5.74) is 2.98. The van der Waals surface area contributed by atoms with Crippen molar-refractivity contribution in [3.05, 3.63) is 78.5 Å². The van der Waals surface area contributed by atoms with E-state index in [9.17, 15) is 9.18 Å². The van der Waals surface area contributed by atoms with Crippen molar-refractivity contribution in [2.24, 2.45) is 7.05 Å². The molecule has 0 spiro atoms. The first-order valence-corrected chi connectivity index (χ1v) is 8.10. The third-order valence-electron chi connectivity index (χ3n) is 4.28. The molecular formula is C20H15FN4O. The zero-order valence-corrected chi connectivity index (χ0v) is 14.1. The zero-order chi connectivity index (χ0) is 18.1. The molecule has 3 aromatic heterocycles. The summed E-state index contributed by atoms with van der Waals surface area (Å²) in [6, 6.07) is 10.6. The van der Waals surface area contributed by atoms with Gasteiger partial charge in [-0.15, -0.1) is 0 Å². The lowest BCUT2D eigenvalue weighted by Gasteiger charge is -2.06. The summed E-state index contributed by atoms with van der Waals surface area (Å²) in [7, 11) is 1.94. The van der Waals surface area contributed by atoms with E-state index in [1.165, 1.54) is 12.3 Å². The first kappa shape index (κ1) is 16.1. The number of carbonyl (C=O) groups is 1. The molecule has 0 saturated heterocycles. The molecule has 26 heavy (non-hydrogen) atoms. The molecule has 0 fully saturated rings. The standard InChI is InChI=1S/C20H15FN4O/c1-25-12-22-11-18(25)13-2-3-15-10-24-17(7-16(15)6-13)9-19(26)14-4-5-23-20(21)8-14/h2-8,10-12H,9H2,1H3. The van der Waals surface area contributed by atoms with E-state index < -0.39 is 5.95 Å². The maximum atomic E-state index is 13.2. The number of halogens is 1. The van der Waals surface area contributed by atoms with Gasteiger partial charge < -0.3 is 4.57 Å². The molecule has 0 radical (unpaired) electrons. The summed E-state index contributed by atoms with van der Waals surface area (Å²) in [4.78, 5) is 24.3. The van der Waals surface area contributed by atoms with E-state index in [0.29, 0.717) is 11.3 Å². The molecule has 5 nitrogen and oxygen atoms in total. The smallest absolute Gasteiger partial charge is 0.213 e. The van der Waals surface area contributed by atoms with Crippen LogP contribution < -0.4 is 0 Å². The summed E-state index contributed by atoms with van der Waals surface area (Å²) in [5, 5.41) is 1.98. The summed E-state index contributed by atoms with van der Waals surface area (Å²) in [6.45, 7) is 0. The van der Waals surface area contributed by atoms with Crippen molar-refractivity contribution >= 4 is 16.6 Å². The van der Waals surface area contributed by atoms with Gasteiger partial charge in [0.15, 0.2) is 5.78 Å². The van der Waals surface area contributed by atoms with Crippen LogP contribution in [0.2, 0.25) is 0 Å². The van der Waals surface area contributed by atoms with E-state index in [4.69, 9.17) is 0 Å². The molecule has 4 rings (SSSR count). The number of ketones is 1. The highest BCUT2D eigenvalue weighted by molar-refractivity contribution is 5.97. The number of rotatable bonds is 4. The number of aryl methyl sites for hydroxylation is 1. The molecule has 0 aliphatic heterocycles. The van der Waals surface area contributed by atoms with Crippen LogP contribution in [0.4, 0.5) is 4.39 Å². The Morgan fingerprint density at radius 1 is 1.08 bits per heavy atom. The number of fused-ring (bicyclic) bond motifs is 1. The van der Waals surface area contributed by atoms with Crippen molar-refractivity contribution in [3.63, 3.8) is 0 Å². The van der Waals surface area contributed by atoms with Crippen LogP contribution in [0.3, 0.4) is 0 Å². The number of aromatic nitrogens is 4. The van der Waals surface area contributed by atoms with Crippen LogP contribution in [0.15, 0.2) is 61.3 Å². The van der Waals surface area contributed by atoms with Gasteiger partial charge in [-0.25, -0.2) is 9.97 Å². The fourth-order valence-electron chi connectivity index (χ4n) is 2.92. The van der Waals surface area contributed by atoms with Gasteiger partial charge in [0.25, 0.3) is 0 Å². The van der Waals surface area contributed by atoms with E-state index in [0.717, 1.165) is 28.1 Å². The Morgan fingerprint density at radius 2 is 1.96 bits per heavy atom. The van der Waals surface area contributed by atoms with Crippen LogP contribution in [-0.2, 0) is 13.5 Å². The van der Waals surface area contributed by atoms with Gasteiger partial charge in [-0.3, -0.25) is 9.78 Å². The molecule has 128 valence electrons. The van der Waals surface area contributed by atoms with Crippen LogP contribution in [0.25, 0.3) is 22.0 Å². The van der Waals surface area contributed by atoms with Crippen LogP contribution in [0.1, 0.15) is 16.1 Å². The van der Waals surface area contributed by atoms with Gasteiger partial charge in [-0.1, -0.05) is 12.1 Å². The number of imidazole rings is 1. The fraction of sp³-hybridized carbons (Fsp3) is 0.100. The Hall–Kier alpha value is -3.41. The minimum absolute atomic E-state index is 0.106. The van der Waals surface area contributed by atoms with Gasteiger partial charge in [-0.2, -0.15) is 4.39 Å². The van der Waals surface area contributed by atoms with Gasteiger partial charge in [0.2, 0.25) is 5.95 Å². The Morgan fingerprint density at radius 3 is 2.73 bits per heavy atom. The lowest BCUT2D eigenvalue weighted by Crippen LogP contribution is -2.06. The summed E-state index contributed by atoms with van der Waals surface area (Å²) in [5.74, 6) is -0.857. The van der Waals surface area contributed by atoms with E-state index in [1.54, 1.807) is 12.5 Å². The Bertz CT molecular complexity index is 1120. The minimum atomic E-state index is -0.664. The molecule has 4 aromatic rings. The predicted molar refractivity (Wildman–Crippen MR) is 96.2 cm³/mol. The molecule has 6 heteroatoms. The number of hydrogen-bond donors (Lipinski definition) is 0. The quantitative estimate of drug-likeness (QED) is 0.418. The number of carbonyl (C=O) groups excluding carboxylic acids is 1. The maximum absolute atomic E-state index is 13.2. The molecule has 3 heterocycles. The molecule has 0 aliphatic rings. The second kappa shape index (κ2) is 6.48. The Balaban J connectivity index is 1.66. The summed E-state index contributed by atoms with van der Waals surface area (Å²) >= 11 is 0. The van der Waals surface area contributed by atoms with E-state index in [1.807, 2.05) is 42.1 Å². The summed E-state index contributed by atoms with van der Waals surface area (Å²) < 4.78 is 15.1. The van der Waals surface area contributed by atoms with Gasteiger partial charge >= 0.3 is 0 Å². The maximum Gasteiger partial charge on any atom is 0.213 e. The van der Waals surface area contributed by atoms with Crippen LogP contribution in [0, 0.1) is 5.95 Å². The van der Waals surface area contributed by atoms with E-state index in [2.05, 4.69) is 15.0 Å². The monoisotopic (exact) mass is 346 g/mol. The molecule has 0 atom stereocenters. The predicted octanol–water partition coefficient (Wildman–Crippen LogP) is 3.59. The van der Waals surface area contributed by atoms with Crippen molar-refractivity contribution < 1.29 is 9.18 Å². The zero-order valence-electron chi connectivity index (χ0n) is 14.1. The Kier molecular flexibility index (Phi) is 4.01. The SMILES string of the molecule is Cn1cncc1-c1ccc2cnc(CC(=O)c3ccnc(F)c3)cc2c1. The van der Waals surface area contributed by atoms with Crippen molar-refractivity contribution in [2.75, 3.05) is 0 Å². The van der Waals surface area contributed by atoms with Crippen LogP contribution in [0.5, 0.6) is 0 Å². The highest BCUT2D eigenvalue weighted by Gasteiger charge is 2.11. The number of benzene rings is 1.